The van der Waals surface area contributed by atoms with Gasteiger partial charge >= 0.3 is 0 Å². The first-order valence-electron chi connectivity index (χ1n) is 4.53. The largest absolute Gasteiger partial charge is 0.302 e. The molecule has 0 saturated heterocycles. The molecule has 0 unspecified atom stereocenters. The van der Waals surface area contributed by atoms with Gasteiger partial charge in [0.15, 0.2) is 0 Å². The minimum absolute atomic E-state index is 0.138. The number of nitriles is 1. The van der Waals surface area contributed by atoms with Crippen molar-refractivity contribution in [2.75, 3.05) is 0 Å². The lowest BCUT2D eigenvalue weighted by molar-refractivity contribution is 0.982. The van der Waals surface area contributed by atoms with Gasteiger partial charge in [-0.15, -0.1) is 0 Å². The quantitative estimate of drug-likeness (QED) is 0.761. The molecule has 0 amide bonds. The Morgan fingerprint density at radius 2 is 2.13 bits per heavy atom. The van der Waals surface area contributed by atoms with Gasteiger partial charge in [0.1, 0.15) is 0 Å². The van der Waals surface area contributed by atoms with E-state index in [2.05, 4.69) is 16.3 Å². The Bertz CT molecular complexity index is 559. The van der Waals surface area contributed by atoms with Crippen molar-refractivity contribution in [3.8, 4) is 6.07 Å². The van der Waals surface area contributed by atoms with Gasteiger partial charge in [0, 0.05) is 18.2 Å². The number of aromatic amines is 2. The summed E-state index contributed by atoms with van der Waals surface area (Å²) in [7, 11) is 0. The van der Waals surface area contributed by atoms with Gasteiger partial charge in [-0.25, -0.2) is 0 Å². The molecule has 0 bridgehead atoms. The maximum atomic E-state index is 10.9. The maximum absolute atomic E-state index is 10.9. The Morgan fingerprint density at radius 1 is 1.27 bits per heavy atom. The standard InChI is InChI=1S/C11H9N3O/c12-7-9-3-1-2-8(4-9)5-10-6-11(15)14-13-10/h1-4,6H,5H2,(H2,13,14,15). The van der Waals surface area contributed by atoms with Gasteiger partial charge in [-0.05, 0) is 17.7 Å². The summed E-state index contributed by atoms with van der Waals surface area (Å²) < 4.78 is 0. The predicted molar refractivity (Wildman–Crippen MR) is 55.4 cm³/mol. The van der Waals surface area contributed by atoms with Crippen LogP contribution in [0.25, 0.3) is 0 Å². The summed E-state index contributed by atoms with van der Waals surface area (Å²) in [5, 5.41) is 14.0. The second kappa shape index (κ2) is 3.84. The van der Waals surface area contributed by atoms with E-state index < -0.39 is 0 Å². The molecule has 4 nitrogen and oxygen atoms in total. The van der Waals surface area contributed by atoms with Gasteiger partial charge in [0.25, 0.3) is 5.56 Å². The van der Waals surface area contributed by atoms with Crippen molar-refractivity contribution in [3.63, 3.8) is 0 Å². The lowest BCUT2D eigenvalue weighted by Gasteiger charge is -1.98. The predicted octanol–water partition coefficient (Wildman–Crippen LogP) is 1.17. The molecular weight excluding hydrogens is 190 g/mol. The summed E-state index contributed by atoms with van der Waals surface area (Å²) >= 11 is 0. The Balaban J connectivity index is 2.25. The van der Waals surface area contributed by atoms with Crippen molar-refractivity contribution in [1.29, 1.82) is 5.26 Å². The molecule has 1 aromatic heterocycles. The molecular formula is C11H9N3O. The molecule has 0 fully saturated rings. The molecule has 0 saturated carbocycles. The molecule has 2 aromatic rings. The SMILES string of the molecule is N#Cc1cccc(Cc2cc(=O)[nH][nH]2)c1. The van der Waals surface area contributed by atoms with E-state index in [0.717, 1.165) is 11.3 Å². The summed E-state index contributed by atoms with van der Waals surface area (Å²) in [5.74, 6) is 0. The number of nitrogens with zero attached hydrogens (tertiary/aromatic N) is 1. The Hall–Kier alpha value is -2.28. The molecule has 0 aliphatic rings. The molecule has 0 aliphatic heterocycles. The van der Waals surface area contributed by atoms with E-state index in [0.29, 0.717) is 12.0 Å². The smallest absolute Gasteiger partial charge is 0.264 e. The van der Waals surface area contributed by atoms with Crippen LogP contribution in [0.3, 0.4) is 0 Å². The topological polar surface area (TPSA) is 72.4 Å². The summed E-state index contributed by atoms with van der Waals surface area (Å²) in [6.45, 7) is 0. The fraction of sp³-hybridized carbons (Fsp3) is 0.0909. The van der Waals surface area contributed by atoms with Crippen molar-refractivity contribution >= 4 is 0 Å². The van der Waals surface area contributed by atoms with Crippen LogP contribution in [0.1, 0.15) is 16.8 Å². The molecule has 4 heteroatoms. The van der Waals surface area contributed by atoms with Crippen LogP contribution in [-0.2, 0) is 6.42 Å². The molecule has 1 aromatic carbocycles. The van der Waals surface area contributed by atoms with Crippen LogP contribution < -0.4 is 5.56 Å². The highest BCUT2D eigenvalue weighted by Crippen LogP contribution is 2.07. The van der Waals surface area contributed by atoms with Crippen LogP contribution in [0.15, 0.2) is 35.1 Å². The first-order valence-corrected chi connectivity index (χ1v) is 4.53. The Morgan fingerprint density at radius 3 is 2.80 bits per heavy atom. The highest BCUT2D eigenvalue weighted by molar-refractivity contribution is 5.34. The first kappa shape index (κ1) is 9.28. The van der Waals surface area contributed by atoms with Crippen LogP contribution in [-0.4, -0.2) is 10.2 Å². The van der Waals surface area contributed by atoms with Gasteiger partial charge in [0.2, 0.25) is 0 Å². The van der Waals surface area contributed by atoms with Gasteiger partial charge in [-0.3, -0.25) is 9.89 Å². The lowest BCUT2D eigenvalue weighted by atomic mass is 10.1. The van der Waals surface area contributed by atoms with Gasteiger partial charge in [0.05, 0.1) is 11.6 Å². The van der Waals surface area contributed by atoms with Gasteiger partial charge < -0.3 is 5.10 Å². The van der Waals surface area contributed by atoms with E-state index in [-0.39, 0.29) is 5.56 Å². The number of rotatable bonds is 2. The van der Waals surface area contributed by atoms with Gasteiger partial charge in [-0.2, -0.15) is 5.26 Å². The van der Waals surface area contributed by atoms with Crippen molar-refractivity contribution in [2.24, 2.45) is 0 Å². The summed E-state index contributed by atoms with van der Waals surface area (Å²) in [6.07, 6.45) is 0.619. The molecule has 0 aliphatic carbocycles. The van der Waals surface area contributed by atoms with Crippen molar-refractivity contribution in [1.82, 2.24) is 10.2 Å². The van der Waals surface area contributed by atoms with E-state index in [4.69, 9.17) is 5.26 Å². The second-order valence-corrected chi connectivity index (χ2v) is 3.27. The number of hydrogen-bond donors (Lipinski definition) is 2. The maximum Gasteiger partial charge on any atom is 0.264 e. The average Bonchev–Trinajstić information content (AvgIpc) is 2.64. The third-order valence-corrected chi connectivity index (χ3v) is 2.10. The second-order valence-electron chi connectivity index (χ2n) is 3.27. The molecule has 2 rings (SSSR count). The molecule has 0 atom stereocenters. The van der Waals surface area contributed by atoms with Crippen molar-refractivity contribution in [2.45, 2.75) is 6.42 Å². The molecule has 0 spiro atoms. The van der Waals surface area contributed by atoms with E-state index >= 15 is 0 Å². The van der Waals surface area contributed by atoms with E-state index in [1.165, 1.54) is 6.07 Å². The highest BCUT2D eigenvalue weighted by atomic mass is 16.1. The zero-order valence-corrected chi connectivity index (χ0v) is 7.95. The molecule has 0 radical (unpaired) electrons. The summed E-state index contributed by atoms with van der Waals surface area (Å²) in [4.78, 5) is 10.9. The summed E-state index contributed by atoms with van der Waals surface area (Å²) in [6, 6.07) is 10.9. The van der Waals surface area contributed by atoms with Crippen LogP contribution in [0, 0.1) is 11.3 Å². The monoisotopic (exact) mass is 199 g/mol. The van der Waals surface area contributed by atoms with E-state index in [1.807, 2.05) is 18.2 Å². The Kier molecular flexibility index (Phi) is 2.38. The zero-order chi connectivity index (χ0) is 10.7. The fourth-order valence-electron chi connectivity index (χ4n) is 1.44. The number of aromatic nitrogens is 2. The third-order valence-electron chi connectivity index (χ3n) is 2.10. The van der Waals surface area contributed by atoms with E-state index in [1.54, 1.807) is 6.07 Å². The number of hydrogen-bond acceptors (Lipinski definition) is 2. The van der Waals surface area contributed by atoms with Crippen LogP contribution in [0.5, 0.6) is 0 Å². The van der Waals surface area contributed by atoms with Gasteiger partial charge in [-0.1, -0.05) is 12.1 Å². The average molecular weight is 199 g/mol. The number of H-pyrrole nitrogens is 2. The molecule has 74 valence electrons. The number of nitrogens with one attached hydrogen (secondary N) is 2. The van der Waals surface area contributed by atoms with Crippen molar-refractivity contribution in [3.05, 3.63) is 57.5 Å². The minimum atomic E-state index is -0.138. The minimum Gasteiger partial charge on any atom is -0.302 e. The van der Waals surface area contributed by atoms with Crippen LogP contribution in [0.2, 0.25) is 0 Å². The molecule has 15 heavy (non-hydrogen) atoms. The number of benzene rings is 1. The van der Waals surface area contributed by atoms with Crippen molar-refractivity contribution < 1.29 is 0 Å². The van der Waals surface area contributed by atoms with E-state index in [9.17, 15) is 4.79 Å². The highest BCUT2D eigenvalue weighted by Gasteiger charge is 1.99. The van der Waals surface area contributed by atoms with Crippen LogP contribution >= 0.6 is 0 Å². The van der Waals surface area contributed by atoms with Crippen LogP contribution in [0.4, 0.5) is 0 Å². The lowest BCUT2D eigenvalue weighted by Crippen LogP contribution is -1.93. The Labute approximate surface area is 86.2 Å². The normalized spacial score (nSPS) is 9.80. The first-order chi connectivity index (χ1) is 7.28. The summed E-state index contributed by atoms with van der Waals surface area (Å²) in [5.41, 5.74) is 2.31. The zero-order valence-electron chi connectivity index (χ0n) is 7.95. The third kappa shape index (κ3) is 2.15. The molecule has 2 N–H and O–H groups in total. The fourth-order valence-corrected chi connectivity index (χ4v) is 1.44. The molecule has 1 heterocycles.